The highest BCUT2D eigenvalue weighted by atomic mass is 15.3. The van der Waals surface area contributed by atoms with Crippen molar-refractivity contribution in [2.24, 2.45) is 42.9 Å². The molecule has 10 nitrogen and oxygen atoms in total. The Morgan fingerprint density at radius 2 is 0.875 bits per heavy atom. The van der Waals surface area contributed by atoms with Crippen molar-refractivity contribution in [1.82, 2.24) is 10.6 Å². The fourth-order valence-electron chi connectivity index (χ4n) is 0.796. The van der Waals surface area contributed by atoms with Gasteiger partial charge < -0.3 is 22.9 Å². The van der Waals surface area contributed by atoms with Gasteiger partial charge in [-0.25, -0.2) is 20.0 Å². The van der Waals surface area contributed by atoms with E-state index < -0.39 is 0 Å². The number of nitrogens with two attached hydrogens (primary N) is 4. The van der Waals surface area contributed by atoms with Crippen molar-refractivity contribution < 1.29 is 0 Å². The van der Waals surface area contributed by atoms with Crippen molar-refractivity contribution in [2.75, 3.05) is 13.3 Å². The summed E-state index contributed by atoms with van der Waals surface area (Å²) in [5.74, 6) is 0.372. The Bertz CT molecular complexity index is 296. The molecule has 0 aromatic carbocycles. The number of aliphatic imine (C=N–C) groups is 4. The first-order valence-electron chi connectivity index (χ1n) is 4.31. The first-order chi connectivity index (χ1) is 7.58. The molecule has 0 radical (unpaired) electrons. The van der Waals surface area contributed by atoms with E-state index in [4.69, 9.17) is 22.9 Å². The fourth-order valence-corrected chi connectivity index (χ4v) is 0.796. The van der Waals surface area contributed by atoms with E-state index >= 15 is 0 Å². The van der Waals surface area contributed by atoms with Gasteiger partial charge in [-0.2, -0.15) is 0 Å². The highest BCUT2D eigenvalue weighted by Crippen LogP contribution is 1.78. The molecule has 88 valence electrons. The Morgan fingerprint density at radius 3 is 1.12 bits per heavy atom. The second kappa shape index (κ2) is 5.38. The van der Waals surface area contributed by atoms with Gasteiger partial charge in [0.1, 0.15) is 13.3 Å². The van der Waals surface area contributed by atoms with Crippen LogP contribution in [0.4, 0.5) is 0 Å². The maximum Gasteiger partial charge on any atom is 0.197 e. The minimum atomic E-state index is 0.0399. The first kappa shape index (κ1) is 11.6. The molecule has 0 atom stereocenters. The van der Waals surface area contributed by atoms with Crippen molar-refractivity contribution in [3.05, 3.63) is 0 Å². The van der Waals surface area contributed by atoms with E-state index in [9.17, 15) is 0 Å². The van der Waals surface area contributed by atoms with Crippen LogP contribution in [0.25, 0.3) is 0 Å². The zero-order valence-electron chi connectivity index (χ0n) is 8.51. The lowest BCUT2D eigenvalue weighted by atomic mass is 10.8. The summed E-state index contributed by atoms with van der Waals surface area (Å²) in [6, 6.07) is 0. The summed E-state index contributed by atoms with van der Waals surface area (Å²) in [5, 5.41) is 5.08. The van der Waals surface area contributed by atoms with Crippen molar-refractivity contribution in [2.45, 2.75) is 0 Å². The second-order valence-corrected chi connectivity index (χ2v) is 2.71. The highest BCUT2D eigenvalue weighted by Gasteiger charge is 1.98. The molecule has 1 aliphatic heterocycles. The van der Waals surface area contributed by atoms with Crippen molar-refractivity contribution in [3.63, 3.8) is 0 Å². The minimum absolute atomic E-state index is 0.0399. The minimum Gasteiger partial charge on any atom is -0.370 e. The van der Waals surface area contributed by atoms with Gasteiger partial charge in [-0.3, -0.25) is 10.6 Å². The molecule has 10 heteroatoms. The first-order valence-corrected chi connectivity index (χ1v) is 4.31. The molecule has 0 aliphatic carbocycles. The number of hydrogen-bond acceptors (Lipinski definition) is 10. The Hall–Kier alpha value is -2.52. The van der Waals surface area contributed by atoms with Crippen LogP contribution in [-0.4, -0.2) is 37.2 Å². The molecule has 0 fully saturated rings. The van der Waals surface area contributed by atoms with Crippen LogP contribution in [0, 0.1) is 0 Å². The van der Waals surface area contributed by atoms with E-state index in [1.807, 2.05) is 0 Å². The lowest BCUT2D eigenvalue weighted by Crippen LogP contribution is -2.43. The molecule has 0 aromatic heterocycles. The average Bonchev–Trinajstić information content (AvgIpc) is 2.15. The molecule has 16 heavy (non-hydrogen) atoms. The zero-order chi connectivity index (χ0) is 12.0. The van der Waals surface area contributed by atoms with Gasteiger partial charge in [0.2, 0.25) is 0 Å². The third kappa shape index (κ3) is 4.13. The van der Waals surface area contributed by atoms with E-state index in [1.165, 1.54) is 0 Å². The van der Waals surface area contributed by atoms with Gasteiger partial charge in [-0.15, -0.1) is 0 Å². The lowest BCUT2D eigenvalue weighted by Gasteiger charge is -2.06. The third-order valence-corrected chi connectivity index (χ3v) is 1.48. The fraction of sp³-hybridized carbons (Fsp3) is 0.333. The van der Waals surface area contributed by atoms with E-state index in [0.29, 0.717) is 0 Å². The summed E-state index contributed by atoms with van der Waals surface area (Å²) in [6.45, 7) is 0.0798. The SMILES string of the molecule is N/C1=N\C/N=C(\N)N/C(N)=N/C/N=C(\N)N1. The Balaban J connectivity index is 2.82. The lowest BCUT2D eigenvalue weighted by molar-refractivity contribution is 0.982. The Kier molecular flexibility index (Phi) is 3.89. The summed E-state index contributed by atoms with van der Waals surface area (Å²) in [6.07, 6.45) is 0. The summed E-state index contributed by atoms with van der Waals surface area (Å²) in [4.78, 5) is 15.3. The second-order valence-electron chi connectivity index (χ2n) is 2.71. The quantitative estimate of drug-likeness (QED) is 0.248. The van der Waals surface area contributed by atoms with Crippen molar-refractivity contribution in [3.8, 4) is 0 Å². The van der Waals surface area contributed by atoms with E-state index in [1.54, 1.807) is 0 Å². The van der Waals surface area contributed by atoms with Crippen LogP contribution in [0.3, 0.4) is 0 Å². The predicted octanol–water partition coefficient (Wildman–Crippen LogP) is -3.65. The maximum atomic E-state index is 5.46. The maximum absolute atomic E-state index is 5.46. The number of rotatable bonds is 0. The number of nitrogens with one attached hydrogen (secondary N) is 2. The van der Waals surface area contributed by atoms with Crippen LogP contribution in [-0.2, 0) is 0 Å². The molecule has 0 aromatic rings. The van der Waals surface area contributed by atoms with Crippen LogP contribution in [0.5, 0.6) is 0 Å². The normalized spacial score (nSPS) is 31.5. The molecule has 0 spiro atoms. The van der Waals surface area contributed by atoms with Crippen LogP contribution >= 0.6 is 0 Å². The molecule has 0 saturated heterocycles. The molecule has 0 bridgehead atoms. The van der Waals surface area contributed by atoms with E-state index in [-0.39, 0.29) is 37.2 Å². The summed E-state index contributed by atoms with van der Waals surface area (Å²) in [7, 11) is 0. The highest BCUT2D eigenvalue weighted by molar-refractivity contribution is 5.98. The molecule has 1 rings (SSSR count). The average molecular weight is 226 g/mol. The molecule has 0 amide bonds. The standard InChI is InChI=1S/C6H14N10/c7-3-11-1-12-4(8)16-6(10)14-2-13-5(9)15-3/h1-2H2,(H5,7,9,11,13,15)(H5,8,10,12,14,16). The van der Waals surface area contributed by atoms with Gasteiger partial charge in [0.25, 0.3) is 0 Å². The predicted molar refractivity (Wildman–Crippen MR) is 62.5 cm³/mol. The molecule has 10 N–H and O–H groups in total. The van der Waals surface area contributed by atoms with Gasteiger partial charge in [-0.05, 0) is 0 Å². The number of hydrogen-bond donors (Lipinski definition) is 6. The number of nitrogens with zero attached hydrogens (tertiary/aromatic N) is 4. The molecule has 0 unspecified atom stereocenters. The molecular formula is C6H14N10. The number of guanidine groups is 4. The van der Waals surface area contributed by atoms with Crippen molar-refractivity contribution in [1.29, 1.82) is 0 Å². The molecular weight excluding hydrogens is 212 g/mol. The topological polar surface area (TPSA) is 178 Å². The van der Waals surface area contributed by atoms with Crippen LogP contribution in [0.1, 0.15) is 0 Å². The third-order valence-electron chi connectivity index (χ3n) is 1.48. The van der Waals surface area contributed by atoms with Crippen molar-refractivity contribution >= 4 is 23.8 Å². The summed E-state index contributed by atoms with van der Waals surface area (Å²) in [5.41, 5.74) is 21.9. The van der Waals surface area contributed by atoms with Gasteiger partial charge in [-0.1, -0.05) is 0 Å². The largest absolute Gasteiger partial charge is 0.370 e. The monoisotopic (exact) mass is 226 g/mol. The summed E-state index contributed by atoms with van der Waals surface area (Å²) < 4.78 is 0. The van der Waals surface area contributed by atoms with Crippen LogP contribution in [0.15, 0.2) is 20.0 Å². The molecule has 1 aliphatic rings. The van der Waals surface area contributed by atoms with Gasteiger partial charge >= 0.3 is 0 Å². The Morgan fingerprint density at radius 1 is 0.625 bits per heavy atom. The van der Waals surface area contributed by atoms with E-state index in [2.05, 4.69) is 30.6 Å². The van der Waals surface area contributed by atoms with E-state index in [0.717, 1.165) is 0 Å². The molecule has 0 saturated carbocycles. The van der Waals surface area contributed by atoms with Gasteiger partial charge in [0.05, 0.1) is 0 Å². The smallest absolute Gasteiger partial charge is 0.197 e. The van der Waals surface area contributed by atoms with Crippen LogP contribution < -0.4 is 33.6 Å². The molecule has 1 heterocycles. The van der Waals surface area contributed by atoms with Gasteiger partial charge in [0.15, 0.2) is 23.8 Å². The van der Waals surface area contributed by atoms with Gasteiger partial charge in [0, 0.05) is 0 Å². The zero-order valence-corrected chi connectivity index (χ0v) is 8.51. The summed E-state index contributed by atoms with van der Waals surface area (Å²) >= 11 is 0. The van der Waals surface area contributed by atoms with Crippen LogP contribution in [0.2, 0.25) is 0 Å². The Labute approximate surface area is 91.6 Å².